The zero-order valence-electron chi connectivity index (χ0n) is 19.1. The van der Waals surface area contributed by atoms with Gasteiger partial charge >= 0.3 is 11.1 Å². The van der Waals surface area contributed by atoms with Crippen molar-refractivity contribution < 1.29 is 22.3 Å². The molecule has 0 saturated carbocycles. The van der Waals surface area contributed by atoms with Crippen molar-refractivity contribution in [1.82, 2.24) is 9.13 Å². The number of hydrogen-bond donors (Lipinski definition) is 1. The van der Waals surface area contributed by atoms with E-state index in [2.05, 4.69) is 4.72 Å². The topological polar surface area (TPSA) is 109 Å². The van der Waals surface area contributed by atoms with Crippen molar-refractivity contribution in [2.24, 2.45) is 14.1 Å². The van der Waals surface area contributed by atoms with Gasteiger partial charge in [-0.2, -0.15) is 0 Å². The van der Waals surface area contributed by atoms with Crippen LogP contribution in [0.4, 0.5) is 10.1 Å². The molecule has 0 spiro atoms. The number of sulfonamides is 1. The molecule has 0 bridgehead atoms. The summed E-state index contributed by atoms with van der Waals surface area (Å²) in [6.07, 6.45) is 0. The van der Waals surface area contributed by atoms with E-state index in [9.17, 15) is 22.4 Å². The van der Waals surface area contributed by atoms with Crippen LogP contribution in [0.5, 0.6) is 17.2 Å². The van der Waals surface area contributed by atoms with Crippen LogP contribution < -0.4 is 25.3 Å². The Kier molecular flexibility index (Phi) is 6.35. The first-order valence-electron chi connectivity index (χ1n) is 10.5. The molecule has 9 nitrogen and oxygen atoms in total. The molecule has 0 saturated heterocycles. The third-order valence-electron chi connectivity index (χ3n) is 5.32. The molecule has 4 rings (SSSR count). The largest absolute Gasteiger partial charge is 0.494 e. The van der Waals surface area contributed by atoms with Crippen LogP contribution in [0.3, 0.4) is 0 Å². The molecule has 1 aromatic heterocycles. The van der Waals surface area contributed by atoms with E-state index >= 15 is 0 Å². The third-order valence-corrected chi connectivity index (χ3v) is 6.70. The van der Waals surface area contributed by atoms with E-state index in [1.807, 2.05) is 6.92 Å². The van der Waals surface area contributed by atoms with E-state index in [1.54, 1.807) is 24.3 Å². The van der Waals surface area contributed by atoms with Gasteiger partial charge in [-0.05, 0) is 61.5 Å². The molecule has 0 unspecified atom stereocenters. The highest BCUT2D eigenvalue weighted by Crippen LogP contribution is 2.35. The van der Waals surface area contributed by atoms with E-state index in [4.69, 9.17) is 9.47 Å². The lowest BCUT2D eigenvalue weighted by Crippen LogP contribution is -2.39. The standard InChI is InChI=1S/C24H22FN3O6S/c1-4-33-16-7-9-17(10-8-16)34-22-14-21-20(27(2)23(29)24(30)28(21)3)13-19(22)26-35(31,32)18-11-5-15(25)6-12-18/h5-14,26H,4H2,1-3H3. The van der Waals surface area contributed by atoms with Gasteiger partial charge in [-0.25, -0.2) is 12.8 Å². The van der Waals surface area contributed by atoms with Crippen molar-refractivity contribution in [3.05, 3.63) is 87.2 Å². The number of halogens is 1. The quantitative estimate of drug-likeness (QED) is 0.391. The number of nitrogens with one attached hydrogen (secondary N) is 1. The van der Waals surface area contributed by atoms with Crippen LogP contribution in [0, 0.1) is 5.82 Å². The van der Waals surface area contributed by atoms with Crippen LogP contribution >= 0.6 is 0 Å². The minimum atomic E-state index is -4.14. The smallest absolute Gasteiger partial charge is 0.316 e. The van der Waals surface area contributed by atoms with Gasteiger partial charge in [-0.3, -0.25) is 14.3 Å². The molecule has 11 heteroatoms. The number of ether oxygens (including phenoxy) is 2. The maximum Gasteiger partial charge on any atom is 0.316 e. The number of nitrogens with zero attached hydrogens (tertiary/aromatic N) is 2. The minimum Gasteiger partial charge on any atom is -0.494 e. The number of benzene rings is 3. The summed E-state index contributed by atoms with van der Waals surface area (Å²) in [5, 5.41) is 0. The first kappa shape index (κ1) is 24.0. The van der Waals surface area contributed by atoms with Crippen molar-refractivity contribution in [3.8, 4) is 17.2 Å². The molecule has 0 aliphatic carbocycles. The molecular formula is C24H22FN3O6S. The fraction of sp³-hybridized carbons (Fsp3) is 0.167. The summed E-state index contributed by atoms with van der Waals surface area (Å²) >= 11 is 0. The van der Waals surface area contributed by atoms with Gasteiger partial charge in [0.2, 0.25) is 0 Å². The number of rotatable bonds is 7. The Morgan fingerprint density at radius 3 is 1.97 bits per heavy atom. The predicted octanol–water partition coefficient (Wildman–Crippen LogP) is 3.37. The van der Waals surface area contributed by atoms with E-state index < -0.39 is 27.0 Å². The van der Waals surface area contributed by atoms with Crippen molar-refractivity contribution in [2.75, 3.05) is 11.3 Å². The maximum absolute atomic E-state index is 13.3. The molecule has 1 N–H and O–H groups in total. The summed E-state index contributed by atoms with van der Waals surface area (Å²) in [7, 11) is -1.29. The summed E-state index contributed by atoms with van der Waals surface area (Å²) in [5.74, 6) is 0.518. The second-order valence-electron chi connectivity index (χ2n) is 7.63. The second-order valence-corrected chi connectivity index (χ2v) is 9.31. The Bertz CT molecular complexity index is 1630. The molecule has 0 aliphatic heterocycles. The van der Waals surface area contributed by atoms with Crippen LogP contribution in [0.15, 0.2) is 75.1 Å². The number of hydrogen-bond acceptors (Lipinski definition) is 6. The highest BCUT2D eigenvalue weighted by Gasteiger charge is 2.20. The molecule has 35 heavy (non-hydrogen) atoms. The van der Waals surface area contributed by atoms with E-state index in [0.717, 1.165) is 28.8 Å². The van der Waals surface area contributed by atoms with Crippen molar-refractivity contribution >= 4 is 26.7 Å². The molecule has 0 amide bonds. The Balaban J connectivity index is 1.86. The van der Waals surface area contributed by atoms with Gasteiger partial charge in [0.15, 0.2) is 5.75 Å². The lowest BCUT2D eigenvalue weighted by Gasteiger charge is -2.17. The fourth-order valence-electron chi connectivity index (χ4n) is 3.48. The van der Waals surface area contributed by atoms with Gasteiger partial charge < -0.3 is 18.6 Å². The van der Waals surface area contributed by atoms with Gasteiger partial charge in [0.1, 0.15) is 17.3 Å². The van der Waals surface area contributed by atoms with Crippen molar-refractivity contribution in [1.29, 1.82) is 0 Å². The lowest BCUT2D eigenvalue weighted by atomic mass is 10.2. The number of aromatic nitrogens is 2. The molecule has 3 aromatic carbocycles. The fourth-order valence-corrected chi connectivity index (χ4v) is 4.54. The molecule has 4 aromatic rings. The molecule has 0 radical (unpaired) electrons. The Labute approximate surface area is 200 Å². The molecule has 0 fully saturated rings. The maximum atomic E-state index is 13.3. The Hall–Kier alpha value is -4.12. The average Bonchev–Trinajstić information content (AvgIpc) is 2.83. The number of fused-ring (bicyclic) bond motifs is 1. The van der Waals surface area contributed by atoms with Crippen molar-refractivity contribution in [2.45, 2.75) is 11.8 Å². The van der Waals surface area contributed by atoms with Crippen molar-refractivity contribution in [3.63, 3.8) is 0 Å². The molecule has 1 heterocycles. The molecule has 182 valence electrons. The normalized spacial score (nSPS) is 11.4. The second kappa shape index (κ2) is 9.26. The SMILES string of the molecule is CCOc1ccc(Oc2cc3c(cc2NS(=O)(=O)c2ccc(F)cc2)n(C)c(=O)c(=O)n3C)cc1. The minimum absolute atomic E-state index is 0.0179. The Morgan fingerprint density at radius 1 is 0.857 bits per heavy atom. The number of aryl methyl sites for hydroxylation is 2. The third kappa shape index (κ3) is 4.76. The van der Waals surface area contributed by atoms with Gasteiger partial charge in [0.05, 0.1) is 28.2 Å². The monoisotopic (exact) mass is 499 g/mol. The van der Waals surface area contributed by atoms with Gasteiger partial charge in [-0.15, -0.1) is 0 Å². The molecule has 0 atom stereocenters. The van der Waals surface area contributed by atoms with Crippen LogP contribution in [0.1, 0.15) is 6.92 Å². The van der Waals surface area contributed by atoms with Gasteiger partial charge in [0, 0.05) is 20.2 Å². The zero-order valence-corrected chi connectivity index (χ0v) is 19.9. The zero-order chi connectivity index (χ0) is 25.3. The van der Waals surface area contributed by atoms with E-state index in [1.165, 1.54) is 30.8 Å². The van der Waals surface area contributed by atoms with Crippen LogP contribution in [0.25, 0.3) is 11.0 Å². The number of anilines is 1. The average molecular weight is 500 g/mol. The Morgan fingerprint density at radius 2 is 1.40 bits per heavy atom. The summed E-state index contributed by atoms with van der Waals surface area (Å²) in [6, 6.07) is 13.9. The molecular weight excluding hydrogens is 477 g/mol. The van der Waals surface area contributed by atoms with Crippen LogP contribution in [-0.4, -0.2) is 24.2 Å². The van der Waals surface area contributed by atoms with E-state index in [0.29, 0.717) is 29.1 Å². The van der Waals surface area contributed by atoms with Gasteiger partial charge in [-0.1, -0.05) is 0 Å². The van der Waals surface area contributed by atoms with E-state index in [-0.39, 0.29) is 16.3 Å². The summed E-state index contributed by atoms with van der Waals surface area (Å²) in [5.41, 5.74) is -0.848. The molecule has 0 aliphatic rings. The lowest BCUT2D eigenvalue weighted by molar-refractivity contribution is 0.339. The summed E-state index contributed by atoms with van der Waals surface area (Å²) in [6.45, 7) is 2.35. The van der Waals surface area contributed by atoms with Crippen LogP contribution in [0.2, 0.25) is 0 Å². The summed E-state index contributed by atoms with van der Waals surface area (Å²) in [4.78, 5) is 24.5. The van der Waals surface area contributed by atoms with Gasteiger partial charge in [0.25, 0.3) is 10.0 Å². The first-order valence-corrected chi connectivity index (χ1v) is 12.0. The highest BCUT2D eigenvalue weighted by atomic mass is 32.2. The summed E-state index contributed by atoms with van der Waals surface area (Å²) < 4.78 is 55.5. The highest BCUT2D eigenvalue weighted by molar-refractivity contribution is 7.92. The first-order chi connectivity index (χ1) is 16.6. The van der Waals surface area contributed by atoms with Crippen LogP contribution in [-0.2, 0) is 24.1 Å². The predicted molar refractivity (Wildman–Crippen MR) is 129 cm³/mol.